The Morgan fingerprint density at radius 3 is 2.60 bits per heavy atom. The molecule has 0 radical (unpaired) electrons. The van der Waals surface area contributed by atoms with Crippen LogP contribution in [0.25, 0.3) is 11.8 Å². The summed E-state index contributed by atoms with van der Waals surface area (Å²) >= 11 is 0.957. The lowest BCUT2D eigenvalue weighted by atomic mass is 10.3. The normalized spacial score (nSPS) is 15.9. The molecule has 0 spiro atoms. The van der Waals surface area contributed by atoms with Gasteiger partial charge in [0.25, 0.3) is 11.1 Å². The van der Waals surface area contributed by atoms with Crippen LogP contribution in [0.15, 0.2) is 54.1 Å². The molecule has 6 heteroatoms. The van der Waals surface area contributed by atoms with Gasteiger partial charge in [-0.3, -0.25) is 14.5 Å². The highest BCUT2D eigenvalue weighted by atomic mass is 32.2. The summed E-state index contributed by atoms with van der Waals surface area (Å²) in [6, 6.07) is 9.71. The highest BCUT2D eigenvalue weighted by molar-refractivity contribution is 8.18. The number of amides is 2. The molecule has 0 bridgehead atoms. The van der Waals surface area contributed by atoms with Gasteiger partial charge in [0, 0.05) is 24.1 Å². The molecule has 0 unspecified atom stereocenters. The number of hydrogen-bond acceptors (Lipinski definition) is 4. The smallest absolute Gasteiger partial charge is 0.293 e. The van der Waals surface area contributed by atoms with Crippen LogP contribution < -0.4 is 4.74 Å². The number of aromatic nitrogens is 1. The van der Waals surface area contributed by atoms with Gasteiger partial charge in [0.15, 0.2) is 0 Å². The van der Waals surface area contributed by atoms with Crippen molar-refractivity contribution in [2.75, 3.05) is 13.7 Å². The predicted octanol–water partition coefficient (Wildman–Crippen LogP) is 4.02. The van der Waals surface area contributed by atoms with Crippen LogP contribution in [0.1, 0.15) is 11.3 Å². The van der Waals surface area contributed by atoms with E-state index >= 15 is 0 Å². The van der Waals surface area contributed by atoms with Crippen molar-refractivity contribution >= 4 is 29.0 Å². The Bertz CT molecular complexity index is 865. The van der Waals surface area contributed by atoms with Gasteiger partial charge in [0.1, 0.15) is 5.75 Å². The number of methoxy groups -OCH3 is 1. The molecule has 1 aliphatic heterocycles. The second-order valence-electron chi connectivity index (χ2n) is 5.56. The second-order valence-corrected chi connectivity index (χ2v) is 6.56. The van der Waals surface area contributed by atoms with Crippen molar-refractivity contribution in [2.45, 2.75) is 6.92 Å². The van der Waals surface area contributed by atoms with Gasteiger partial charge in [-0.25, -0.2) is 0 Å². The summed E-state index contributed by atoms with van der Waals surface area (Å²) in [6.45, 7) is 5.80. The monoisotopic (exact) mass is 354 g/mol. The zero-order chi connectivity index (χ0) is 18.0. The third kappa shape index (κ3) is 3.39. The fourth-order valence-corrected chi connectivity index (χ4v) is 3.48. The van der Waals surface area contributed by atoms with E-state index in [2.05, 4.69) is 6.58 Å². The van der Waals surface area contributed by atoms with Crippen LogP contribution in [-0.4, -0.2) is 34.3 Å². The maximum Gasteiger partial charge on any atom is 0.293 e. The fraction of sp³-hybridized carbons (Fsp3) is 0.158. The number of benzene rings is 1. The van der Waals surface area contributed by atoms with Crippen molar-refractivity contribution in [1.29, 1.82) is 0 Å². The van der Waals surface area contributed by atoms with E-state index in [1.165, 1.54) is 4.90 Å². The molecule has 5 nitrogen and oxygen atoms in total. The summed E-state index contributed by atoms with van der Waals surface area (Å²) in [5, 5.41) is -0.262. The first-order chi connectivity index (χ1) is 12.0. The fourth-order valence-electron chi connectivity index (χ4n) is 2.64. The molecule has 2 amide bonds. The summed E-state index contributed by atoms with van der Waals surface area (Å²) in [5.41, 5.74) is 2.90. The molecule has 1 fully saturated rings. The second kappa shape index (κ2) is 7.03. The van der Waals surface area contributed by atoms with Crippen molar-refractivity contribution in [1.82, 2.24) is 9.47 Å². The van der Waals surface area contributed by atoms with Gasteiger partial charge in [-0.2, -0.15) is 0 Å². The maximum atomic E-state index is 12.3. The Balaban J connectivity index is 1.88. The molecule has 1 aromatic carbocycles. The molecule has 3 rings (SSSR count). The summed E-state index contributed by atoms with van der Waals surface area (Å²) in [5.74, 6) is 0.523. The molecule has 1 aliphatic rings. The quantitative estimate of drug-likeness (QED) is 0.601. The zero-order valence-corrected chi connectivity index (χ0v) is 14.9. The van der Waals surface area contributed by atoms with E-state index in [9.17, 15) is 9.59 Å². The Hall–Kier alpha value is -2.73. The lowest BCUT2D eigenvalue weighted by molar-refractivity contribution is -0.122. The third-order valence-corrected chi connectivity index (χ3v) is 4.77. The van der Waals surface area contributed by atoms with Crippen LogP contribution in [0.2, 0.25) is 0 Å². The van der Waals surface area contributed by atoms with E-state index in [-0.39, 0.29) is 17.7 Å². The van der Waals surface area contributed by atoms with Gasteiger partial charge in [-0.05, 0) is 60.7 Å². The van der Waals surface area contributed by atoms with Crippen molar-refractivity contribution in [3.05, 3.63) is 65.3 Å². The molecule has 25 heavy (non-hydrogen) atoms. The number of thioether (sulfide) groups is 1. The minimum atomic E-state index is -0.273. The largest absolute Gasteiger partial charge is 0.497 e. The van der Waals surface area contributed by atoms with E-state index in [1.54, 1.807) is 19.3 Å². The van der Waals surface area contributed by atoms with Crippen molar-refractivity contribution < 1.29 is 14.3 Å². The molecule has 0 saturated carbocycles. The molecular weight excluding hydrogens is 336 g/mol. The maximum absolute atomic E-state index is 12.3. The van der Waals surface area contributed by atoms with Gasteiger partial charge < -0.3 is 9.30 Å². The van der Waals surface area contributed by atoms with E-state index < -0.39 is 0 Å². The topological polar surface area (TPSA) is 51.5 Å². The van der Waals surface area contributed by atoms with E-state index in [4.69, 9.17) is 4.74 Å². The van der Waals surface area contributed by atoms with Gasteiger partial charge in [0.05, 0.1) is 12.0 Å². The number of ether oxygens (including phenoxy) is 1. The first kappa shape index (κ1) is 17.1. The molecule has 0 aliphatic carbocycles. The molecule has 1 aromatic heterocycles. The molecule has 2 heterocycles. The van der Waals surface area contributed by atoms with Gasteiger partial charge in [-0.1, -0.05) is 6.08 Å². The first-order valence-corrected chi connectivity index (χ1v) is 8.55. The average molecular weight is 354 g/mol. The third-order valence-electron chi connectivity index (χ3n) is 3.87. The number of carbonyl (C=O) groups is 2. The number of carbonyl (C=O) groups excluding carboxylic acids is 2. The van der Waals surface area contributed by atoms with Crippen molar-refractivity contribution in [3.63, 3.8) is 0 Å². The van der Waals surface area contributed by atoms with Crippen LogP contribution in [0.3, 0.4) is 0 Å². The van der Waals surface area contributed by atoms with Gasteiger partial charge >= 0.3 is 0 Å². The molecule has 0 N–H and O–H groups in total. The summed E-state index contributed by atoms with van der Waals surface area (Å²) in [4.78, 5) is 25.8. The van der Waals surface area contributed by atoms with Gasteiger partial charge in [-0.15, -0.1) is 6.58 Å². The lowest BCUT2D eigenvalue weighted by Crippen LogP contribution is -2.27. The van der Waals surface area contributed by atoms with E-state index in [1.807, 2.05) is 48.0 Å². The highest BCUT2D eigenvalue weighted by Crippen LogP contribution is 2.32. The number of imide groups is 1. The standard InChI is InChI=1S/C19H18N2O3S/c1-4-9-20-18(22)17(25-19(20)23)11-14-10-13(2)21(12-14)15-5-7-16(24-3)8-6-15/h4-8,10-12H,1,9H2,2-3H3/b17-11+. The van der Waals surface area contributed by atoms with Crippen LogP contribution in [0, 0.1) is 6.92 Å². The Morgan fingerprint density at radius 2 is 1.96 bits per heavy atom. The zero-order valence-electron chi connectivity index (χ0n) is 14.1. The lowest BCUT2D eigenvalue weighted by Gasteiger charge is -2.07. The minimum absolute atomic E-state index is 0.230. The number of hydrogen-bond donors (Lipinski definition) is 0. The highest BCUT2D eigenvalue weighted by Gasteiger charge is 2.34. The van der Waals surface area contributed by atoms with Crippen LogP contribution in [0.5, 0.6) is 5.75 Å². The molecule has 1 saturated heterocycles. The number of nitrogens with zero attached hydrogens (tertiary/aromatic N) is 2. The summed E-state index contributed by atoms with van der Waals surface area (Å²) in [6.07, 6.45) is 5.24. The first-order valence-electron chi connectivity index (χ1n) is 7.73. The Morgan fingerprint density at radius 1 is 1.24 bits per heavy atom. The van der Waals surface area contributed by atoms with Gasteiger partial charge in [0.2, 0.25) is 0 Å². The van der Waals surface area contributed by atoms with Crippen molar-refractivity contribution in [3.8, 4) is 11.4 Å². The number of aryl methyl sites for hydroxylation is 1. The predicted molar refractivity (Wildman–Crippen MR) is 99.9 cm³/mol. The van der Waals surface area contributed by atoms with Crippen LogP contribution >= 0.6 is 11.8 Å². The summed E-state index contributed by atoms with van der Waals surface area (Å²) < 4.78 is 7.21. The van der Waals surface area contributed by atoms with Crippen LogP contribution in [-0.2, 0) is 4.79 Å². The Kier molecular flexibility index (Phi) is 4.81. The molecular formula is C19H18N2O3S. The molecule has 2 aromatic rings. The molecule has 0 atom stereocenters. The molecule has 128 valence electrons. The SMILES string of the molecule is C=CCN1C(=O)S/C(=C/c2cc(C)n(-c3ccc(OC)cc3)c2)C1=O. The van der Waals surface area contributed by atoms with Crippen LogP contribution in [0.4, 0.5) is 4.79 Å². The minimum Gasteiger partial charge on any atom is -0.497 e. The Labute approximate surface area is 150 Å². The van der Waals surface area contributed by atoms with Crippen molar-refractivity contribution in [2.24, 2.45) is 0 Å². The van der Waals surface area contributed by atoms with E-state index in [0.29, 0.717) is 4.91 Å². The average Bonchev–Trinajstić information content (AvgIpc) is 3.10. The van der Waals surface area contributed by atoms with E-state index in [0.717, 1.165) is 34.5 Å². The number of rotatable bonds is 5. The summed E-state index contributed by atoms with van der Waals surface area (Å²) in [7, 11) is 1.63.